The Balaban J connectivity index is 2.56. The molecule has 0 aromatic heterocycles. The summed E-state index contributed by atoms with van der Waals surface area (Å²) in [6.07, 6.45) is 0. The summed E-state index contributed by atoms with van der Waals surface area (Å²) in [4.78, 5) is -0.127. The summed E-state index contributed by atoms with van der Waals surface area (Å²) in [6.45, 7) is 5.00. The predicted molar refractivity (Wildman–Crippen MR) is 71.7 cm³/mol. The largest absolute Gasteiger partial charge is 0.398 e. The molecule has 7 heteroatoms. The van der Waals surface area contributed by atoms with Gasteiger partial charge in [0.15, 0.2) is 0 Å². The summed E-state index contributed by atoms with van der Waals surface area (Å²) in [7, 11) is -3.73. The van der Waals surface area contributed by atoms with Crippen LogP contribution in [-0.2, 0) is 14.8 Å². The molecule has 0 aliphatic heterocycles. The minimum absolute atomic E-state index is 0.115. The van der Waals surface area contributed by atoms with Crippen molar-refractivity contribution in [2.75, 3.05) is 25.5 Å². The van der Waals surface area contributed by atoms with Crippen molar-refractivity contribution in [3.8, 4) is 0 Å². The van der Waals surface area contributed by atoms with Gasteiger partial charge in [-0.2, -0.15) is 0 Å². The highest BCUT2D eigenvalue weighted by molar-refractivity contribution is 7.89. The fraction of sp³-hybridized carbons (Fsp3) is 0.500. The van der Waals surface area contributed by atoms with E-state index in [1.54, 1.807) is 0 Å². The summed E-state index contributed by atoms with van der Waals surface area (Å²) >= 11 is 0. The van der Waals surface area contributed by atoms with Gasteiger partial charge in [0.25, 0.3) is 0 Å². The van der Waals surface area contributed by atoms with Crippen LogP contribution in [-0.4, -0.2) is 28.2 Å². The Labute approximate surface area is 113 Å². The number of sulfonamides is 1. The van der Waals surface area contributed by atoms with Crippen LogP contribution in [0.1, 0.15) is 13.8 Å². The molecule has 0 radical (unpaired) electrons. The second-order valence-electron chi connectivity index (χ2n) is 4.55. The van der Waals surface area contributed by atoms with Gasteiger partial charge >= 0.3 is 0 Å². The number of benzene rings is 1. The first-order chi connectivity index (χ1) is 8.83. The molecule has 1 aromatic carbocycles. The Bertz CT molecular complexity index is 518. The second-order valence-corrected chi connectivity index (χ2v) is 6.28. The molecule has 0 amide bonds. The maximum Gasteiger partial charge on any atom is 0.242 e. The van der Waals surface area contributed by atoms with Crippen molar-refractivity contribution in [1.29, 1.82) is 0 Å². The number of nitrogens with one attached hydrogen (secondary N) is 1. The van der Waals surface area contributed by atoms with E-state index in [1.807, 2.05) is 13.8 Å². The van der Waals surface area contributed by atoms with E-state index in [-0.39, 0.29) is 23.7 Å². The Hall–Kier alpha value is -1.18. The number of anilines is 1. The molecule has 19 heavy (non-hydrogen) atoms. The Morgan fingerprint density at radius 2 is 2.11 bits per heavy atom. The van der Waals surface area contributed by atoms with Gasteiger partial charge < -0.3 is 10.5 Å². The van der Waals surface area contributed by atoms with Gasteiger partial charge in [-0.05, 0) is 24.1 Å². The number of nitrogens with two attached hydrogens (primary N) is 1. The lowest BCUT2D eigenvalue weighted by Crippen LogP contribution is -2.28. The van der Waals surface area contributed by atoms with E-state index in [9.17, 15) is 12.8 Å². The van der Waals surface area contributed by atoms with Crippen LogP contribution in [0.3, 0.4) is 0 Å². The standard InChI is InChI=1S/C12H19FN2O3S/c1-9(2)8-18-6-5-15-19(16,17)12-4-3-10(13)7-11(12)14/h3-4,7,9,15H,5-6,8,14H2,1-2H3. The fourth-order valence-electron chi connectivity index (χ4n) is 1.41. The Morgan fingerprint density at radius 1 is 1.42 bits per heavy atom. The van der Waals surface area contributed by atoms with Gasteiger partial charge in [0.1, 0.15) is 10.7 Å². The number of hydrogen-bond acceptors (Lipinski definition) is 4. The van der Waals surface area contributed by atoms with Crippen LogP contribution < -0.4 is 10.5 Å². The summed E-state index contributed by atoms with van der Waals surface area (Å²) < 4.78 is 44.2. The van der Waals surface area contributed by atoms with Gasteiger partial charge in [-0.15, -0.1) is 0 Å². The lowest BCUT2D eigenvalue weighted by molar-refractivity contribution is 0.114. The second kappa shape index (κ2) is 6.83. The zero-order chi connectivity index (χ0) is 14.5. The molecule has 1 rings (SSSR count). The molecule has 0 unspecified atom stereocenters. The quantitative estimate of drug-likeness (QED) is 0.587. The number of rotatable bonds is 7. The van der Waals surface area contributed by atoms with Crippen LogP contribution in [0, 0.1) is 11.7 Å². The van der Waals surface area contributed by atoms with E-state index in [1.165, 1.54) is 0 Å². The molecule has 0 atom stereocenters. The Morgan fingerprint density at radius 3 is 2.68 bits per heavy atom. The first-order valence-electron chi connectivity index (χ1n) is 5.95. The molecule has 3 N–H and O–H groups in total. The van der Waals surface area contributed by atoms with Crippen molar-refractivity contribution >= 4 is 15.7 Å². The zero-order valence-electron chi connectivity index (χ0n) is 11.0. The van der Waals surface area contributed by atoms with E-state index in [2.05, 4.69) is 4.72 Å². The summed E-state index contributed by atoms with van der Waals surface area (Å²) in [5.74, 6) is -0.180. The normalized spacial score (nSPS) is 12.0. The molecule has 0 heterocycles. The summed E-state index contributed by atoms with van der Waals surface area (Å²) in [5.41, 5.74) is 5.37. The van der Waals surface area contributed by atoms with E-state index in [0.717, 1.165) is 18.2 Å². The van der Waals surface area contributed by atoms with E-state index >= 15 is 0 Å². The average molecular weight is 290 g/mol. The molecule has 0 saturated heterocycles. The summed E-state index contributed by atoms with van der Waals surface area (Å²) in [5, 5.41) is 0. The first-order valence-corrected chi connectivity index (χ1v) is 7.43. The van der Waals surface area contributed by atoms with Crippen LogP contribution in [0.5, 0.6) is 0 Å². The molecule has 0 fully saturated rings. The molecule has 0 bridgehead atoms. The highest BCUT2D eigenvalue weighted by atomic mass is 32.2. The zero-order valence-corrected chi connectivity index (χ0v) is 11.8. The van der Waals surface area contributed by atoms with Crippen molar-refractivity contribution < 1.29 is 17.5 Å². The monoisotopic (exact) mass is 290 g/mol. The number of ether oxygens (including phenoxy) is 1. The van der Waals surface area contributed by atoms with Crippen LogP contribution in [0.4, 0.5) is 10.1 Å². The van der Waals surface area contributed by atoms with Crippen molar-refractivity contribution in [2.45, 2.75) is 18.7 Å². The topological polar surface area (TPSA) is 81.4 Å². The molecular weight excluding hydrogens is 271 g/mol. The lowest BCUT2D eigenvalue weighted by Gasteiger charge is -2.10. The molecule has 0 spiro atoms. The van der Waals surface area contributed by atoms with Gasteiger partial charge in [-0.25, -0.2) is 17.5 Å². The minimum atomic E-state index is -3.73. The molecule has 108 valence electrons. The SMILES string of the molecule is CC(C)COCCNS(=O)(=O)c1ccc(F)cc1N. The summed E-state index contributed by atoms with van der Waals surface area (Å²) in [6, 6.07) is 3.17. The number of nitrogen functional groups attached to an aromatic ring is 1. The third-order valence-electron chi connectivity index (χ3n) is 2.25. The van der Waals surface area contributed by atoms with Crippen molar-refractivity contribution in [3.63, 3.8) is 0 Å². The predicted octanol–water partition coefficient (Wildman–Crippen LogP) is 1.36. The van der Waals surface area contributed by atoms with E-state index < -0.39 is 15.8 Å². The van der Waals surface area contributed by atoms with Crippen LogP contribution in [0.2, 0.25) is 0 Å². The highest BCUT2D eigenvalue weighted by Gasteiger charge is 2.17. The molecular formula is C12H19FN2O3S. The van der Waals surface area contributed by atoms with Gasteiger partial charge in [0, 0.05) is 13.2 Å². The number of halogens is 1. The van der Waals surface area contributed by atoms with Crippen molar-refractivity contribution in [1.82, 2.24) is 4.72 Å². The van der Waals surface area contributed by atoms with E-state index in [4.69, 9.17) is 10.5 Å². The average Bonchev–Trinajstić information content (AvgIpc) is 2.27. The minimum Gasteiger partial charge on any atom is -0.398 e. The van der Waals surface area contributed by atoms with Gasteiger partial charge in [-0.3, -0.25) is 0 Å². The van der Waals surface area contributed by atoms with E-state index in [0.29, 0.717) is 12.5 Å². The molecule has 5 nitrogen and oxygen atoms in total. The lowest BCUT2D eigenvalue weighted by atomic mass is 10.2. The fourth-order valence-corrected chi connectivity index (χ4v) is 2.53. The molecule has 1 aromatic rings. The Kier molecular flexibility index (Phi) is 5.71. The van der Waals surface area contributed by atoms with Crippen molar-refractivity contribution in [2.24, 2.45) is 5.92 Å². The molecule has 0 aliphatic rings. The van der Waals surface area contributed by atoms with Crippen LogP contribution in [0.15, 0.2) is 23.1 Å². The molecule has 0 aliphatic carbocycles. The highest BCUT2D eigenvalue weighted by Crippen LogP contribution is 2.18. The van der Waals surface area contributed by atoms with Gasteiger partial charge in [-0.1, -0.05) is 13.8 Å². The maximum atomic E-state index is 12.8. The van der Waals surface area contributed by atoms with Gasteiger partial charge in [0.2, 0.25) is 10.0 Å². The maximum absolute atomic E-state index is 12.8. The van der Waals surface area contributed by atoms with Crippen LogP contribution in [0.25, 0.3) is 0 Å². The first kappa shape index (κ1) is 15.9. The van der Waals surface area contributed by atoms with Gasteiger partial charge in [0.05, 0.1) is 12.3 Å². The van der Waals surface area contributed by atoms with Crippen molar-refractivity contribution in [3.05, 3.63) is 24.0 Å². The smallest absolute Gasteiger partial charge is 0.242 e. The molecule has 0 saturated carbocycles. The van der Waals surface area contributed by atoms with Crippen LogP contribution >= 0.6 is 0 Å². The third kappa shape index (κ3) is 5.14. The number of hydrogen-bond donors (Lipinski definition) is 2. The third-order valence-corrected chi connectivity index (χ3v) is 3.79.